The van der Waals surface area contributed by atoms with Crippen molar-refractivity contribution >= 4 is 35.0 Å². The molecule has 29 heavy (non-hydrogen) atoms. The van der Waals surface area contributed by atoms with Crippen LogP contribution in [0.25, 0.3) is 0 Å². The van der Waals surface area contributed by atoms with Crippen molar-refractivity contribution in [2.45, 2.75) is 11.8 Å². The molecule has 0 bridgehead atoms. The summed E-state index contributed by atoms with van der Waals surface area (Å²) in [6.07, 6.45) is 1.93. The number of rotatable bonds is 9. The van der Waals surface area contributed by atoms with E-state index in [0.717, 1.165) is 4.90 Å². The highest BCUT2D eigenvalue weighted by Gasteiger charge is 2.16. The molecule has 2 aromatic rings. The first-order valence-electron chi connectivity index (χ1n) is 8.84. The molecule has 0 atom stereocenters. The number of amides is 2. The molecule has 2 aromatic carbocycles. The van der Waals surface area contributed by atoms with Crippen LogP contribution in [0.3, 0.4) is 0 Å². The lowest BCUT2D eigenvalue weighted by atomic mass is 10.1. The second-order valence-corrected chi connectivity index (χ2v) is 7.06. The van der Waals surface area contributed by atoms with Gasteiger partial charge in [-0.3, -0.25) is 14.4 Å². The summed E-state index contributed by atoms with van der Waals surface area (Å²) in [7, 11) is 2.98. The number of carbonyl (C=O) groups excluding carboxylic acids is 3. The van der Waals surface area contributed by atoms with E-state index in [1.807, 2.05) is 30.5 Å². The third kappa shape index (κ3) is 6.25. The molecule has 0 aliphatic carbocycles. The van der Waals surface area contributed by atoms with Crippen LogP contribution in [0.15, 0.2) is 47.4 Å². The summed E-state index contributed by atoms with van der Waals surface area (Å²) in [6, 6.07) is 12.2. The van der Waals surface area contributed by atoms with Gasteiger partial charge in [0.2, 0.25) is 5.91 Å². The van der Waals surface area contributed by atoms with Crippen LogP contribution in [-0.4, -0.2) is 56.1 Å². The SMILES string of the molecule is COc1cc(C(C)=O)ccc1OCC(=O)N(C)CC(=O)Nc1ccccc1SC. The number of likely N-dealkylation sites (N-methyl/N-ethyl adjacent to an activating group) is 1. The minimum absolute atomic E-state index is 0.0975. The Bertz CT molecular complexity index is 900. The maximum Gasteiger partial charge on any atom is 0.260 e. The molecule has 0 radical (unpaired) electrons. The zero-order valence-corrected chi connectivity index (χ0v) is 17.7. The standard InChI is InChI=1S/C21H24N2O5S/c1-14(24)15-9-10-17(18(11-15)27-3)28-13-21(26)23(2)12-20(25)22-16-7-5-6-8-19(16)29-4/h5-11H,12-13H2,1-4H3,(H,22,25). The van der Waals surface area contributed by atoms with Crippen molar-refractivity contribution in [2.75, 3.05) is 38.9 Å². The molecule has 0 aromatic heterocycles. The molecular weight excluding hydrogens is 392 g/mol. The van der Waals surface area contributed by atoms with Gasteiger partial charge in [-0.1, -0.05) is 12.1 Å². The molecule has 2 amide bonds. The van der Waals surface area contributed by atoms with E-state index in [0.29, 0.717) is 22.7 Å². The van der Waals surface area contributed by atoms with E-state index in [2.05, 4.69) is 5.32 Å². The average Bonchev–Trinajstić information content (AvgIpc) is 2.71. The van der Waals surface area contributed by atoms with Gasteiger partial charge >= 0.3 is 0 Å². The highest BCUT2D eigenvalue weighted by Crippen LogP contribution is 2.28. The van der Waals surface area contributed by atoms with Crippen molar-refractivity contribution in [1.29, 1.82) is 0 Å². The first-order valence-corrected chi connectivity index (χ1v) is 10.1. The lowest BCUT2D eigenvalue weighted by molar-refractivity contribution is -0.135. The molecule has 0 spiro atoms. The van der Waals surface area contributed by atoms with Gasteiger partial charge in [0, 0.05) is 17.5 Å². The normalized spacial score (nSPS) is 10.2. The first-order chi connectivity index (χ1) is 13.8. The van der Waals surface area contributed by atoms with E-state index >= 15 is 0 Å². The van der Waals surface area contributed by atoms with Gasteiger partial charge < -0.3 is 19.7 Å². The number of Topliss-reactive ketones (excluding diaryl/α,β-unsaturated/α-hetero) is 1. The Kier molecular flexibility index (Phi) is 8.09. The van der Waals surface area contributed by atoms with Crippen molar-refractivity contribution in [3.05, 3.63) is 48.0 Å². The number of benzene rings is 2. The van der Waals surface area contributed by atoms with Crippen LogP contribution < -0.4 is 14.8 Å². The number of ether oxygens (including phenoxy) is 2. The maximum absolute atomic E-state index is 12.3. The van der Waals surface area contributed by atoms with E-state index in [1.165, 1.54) is 37.7 Å². The molecule has 0 saturated carbocycles. The molecule has 0 saturated heterocycles. The Labute approximate surface area is 174 Å². The second-order valence-electron chi connectivity index (χ2n) is 6.21. The van der Waals surface area contributed by atoms with Gasteiger partial charge in [-0.05, 0) is 43.5 Å². The predicted octanol–water partition coefficient (Wildman–Crippen LogP) is 3.10. The van der Waals surface area contributed by atoms with Crippen LogP contribution in [0.5, 0.6) is 11.5 Å². The summed E-state index contributed by atoms with van der Waals surface area (Å²) in [5, 5.41) is 2.81. The molecule has 1 N–H and O–H groups in total. The number of ketones is 1. The largest absolute Gasteiger partial charge is 0.493 e. The van der Waals surface area contributed by atoms with Gasteiger partial charge in [0.25, 0.3) is 5.91 Å². The van der Waals surface area contributed by atoms with Gasteiger partial charge in [0.05, 0.1) is 19.3 Å². The van der Waals surface area contributed by atoms with Crippen LogP contribution in [-0.2, 0) is 9.59 Å². The molecule has 0 heterocycles. The van der Waals surface area contributed by atoms with E-state index in [9.17, 15) is 14.4 Å². The zero-order chi connectivity index (χ0) is 21.4. The monoisotopic (exact) mass is 416 g/mol. The molecule has 0 fully saturated rings. The minimum Gasteiger partial charge on any atom is -0.493 e. The van der Waals surface area contributed by atoms with Crippen molar-refractivity contribution in [2.24, 2.45) is 0 Å². The van der Waals surface area contributed by atoms with E-state index in [1.54, 1.807) is 18.2 Å². The first kappa shape index (κ1) is 22.3. The Balaban J connectivity index is 1.92. The minimum atomic E-state index is -0.365. The van der Waals surface area contributed by atoms with E-state index < -0.39 is 0 Å². The van der Waals surface area contributed by atoms with Crippen molar-refractivity contribution in [3.8, 4) is 11.5 Å². The highest BCUT2D eigenvalue weighted by molar-refractivity contribution is 7.98. The number of methoxy groups -OCH3 is 1. The second kappa shape index (κ2) is 10.5. The number of carbonyl (C=O) groups is 3. The number of hydrogen-bond donors (Lipinski definition) is 1. The number of thioether (sulfide) groups is 1. The number of hydrogen-bond acceptors (Lipinski definition) is 6. The van der Waals surface area contributed by atoms with Crippen LogP contribution >= 0.6 is 11.8 Å². The zero-order valence-electron chi connectivity index (χ0n) is 16.9. The maximum atomic E-state index is 12.3. The van der Waals surface area contributed by atoms with Crippen LogP contribution in [0.4, 0.5) is 5.69 Å². The number of anilines is 1. The molecule has 0 aliphatic rings. The quantitative estimate of drug-likeness (QED) is 0.499. The summed E-state index contributed by atoms with van der Waals surface area (Å²) in [5.74, 6) is -0.0568. The summed E-state index contributed by atoms with van der Waals surface area (Å²) in [4.78, 5) is 38.3. The third-order valence-electron chi connectivity index (χ3n) is 4.11. The molecule has 154 valence electrons. The molecule has 2 rings (SSSR count). The van der Waals surface area contributed by atoms with Crippen molar-refractivity contribution in [1.82, 2.24) is 4.90 Å². The number of para-hydroxylation sites is 1. The van der Waals surface area contributed by atoms with Gasteiger partial charge in [-0.15, -0.1) is 11.8 Å². The lowest BCUT2D eigenvalue weighted by Gasteiger charge is -2.18. The Morgan fingerprint density at radius 3 is 2.48 bits per heavy atom. The van der Waals surface area contributed by atoms with Gasteiger partial charge in [-0.2, -0.15) is 0 Å². The summed E-state index contributed by atoms with van der Waals surface area (Å²) in [6.45, 7) is 1.09. The van der Waals surface area contributed by atoms with Gasteiger partial charge in [0.15, 0.2) is 23.9 Å². The average molecular weight is 416 g/mol. The fourth-order valence-electron chi connectivity index (χ4n) is 2.50. The Morgan fingerprint density at radius 2 is 1.83 bits per heavy atom. The Morgan fingerprint density at radius 1 is 1.10 bits per heavy atom. The summed E-state index contributed by atoms with van der Waals surface area (Å²) in [5.41, 5.74) is 1.19. The molecule has 8 heteroatoms. The van der Waals surface area contributed by atoms with E-state index in [-0.39, 0.29) is 30.7 Å². The predicted molar refractivity (Wildman–Crippen MR) is 113 cm³/mol. The fourth-order valence-corrected chi connectivity index (χ4v) is 3.05. The smallest absolute Gasteiger partial charge is 0.260 e. The fraction of sp³-hybridized carbons (Fsp3) is 0.286. The molecule has 0 unspecified atom stereocenters. The topological polar surface area (TPSA) is 84.9 Å². The molecule has 7 nitrogen and oxygen atoms in total. The van der Waals surface area contributed by atoms with E-state index in [4.69, 9.17) is 9.47 Å². The Hall–Kier alpha value is -3.00. The van der Waals surface area contributed by atoms with Crippen LogP contribution in [0.1, 0.15) is 17.3 Å². The summed E-state index contributed by atoms with van der Waals surface area (Å²) >= 11 is 1.53. The third-order valence-corrected chi connectivity index (χ3v) is 4.90. The van der Waals surface area contributed by atoms with Gasteiger partial charge in [0.1, 0.15) is 0 Å². The van der Waals surface area contributed by atoms with Gasteiger partial charge in [-0.25, -0.2) is 0 Å². The van der Waals surface area contributed by atoms with Crippen LogP contribution in [0.2, 0.25) is 0 Å². The summed E-state index contributed by atoms with van der Waals surface area (Å²) < 4.78 is 10.7. The number of nitrogens with one attached hydrogen (secondary N) is 1. The number of nitrogens with zero attached hydrogens (tertiary/aromatic N) is 1. The molecule has 0 aliphatic heterocycles. The van der Waals surface area contributed by atoms with Crippen molar-refractivity contribution < 1.29 is 23.9 Å². The van der Waals surface area contributed by atoms with Crippen LogP contribution in [0, 0.1) is 0 Å². The molecular formula is C21H24N2O5S. The lowest BCUT2D eigenvalue weighted by Crippen LogP contribution is -2.37. The van der Waals surface area contributed by atoms with Crippen molar-refractivity contribution in [3.63, 3.8) is 0 Å². The highest BCUT2D eigenvalue weighted by atomic mass is 32.2.